The molecule has 0 unspecified atom stereocenters. The van der Waals surface area contributed by atoms with Gasteiger partial charge in [-0.05, 0) is 64.7 Å². The fourth-order valence-electron chi connectivity index (χ4n) is 2.86. The maximum Gasteiger partial charge on any atom is 0.252 e. The standard InChI is InChI=1S/C19H18BrFN2O2/c20-17-11-14(21)7-8-16(17)19(25)22-12-13-4-3-5-15(10-13)23-9-2-1-6-18(23)24/h3-5,7-8,10-11H,1-2,6,9,12H2,(H,22,25). The molecule has 1 fully saturated rings. The van der Waals surface area contributed by atoms with E-state index in [0.29, 0.717) is 23.0 Å². The summed E-state index contributed by atoms with van der Waals surface area (Å²) in [6, 6.07) is 11.6. The topological polar surface area (TPSA) is 49.4 Å². The lowest BCUT2D eigenvalue weighted by atomic mass is 10.1. The molecule has 0 saturated carbocycles. The van der Waals surface area contributed by atoms with Gasteiger partial charge in [0.1, 0.15) is 5.82 Å². The normalized spacial score (nSPS) is 14.5. The maximum absolute atomic E-state index is 13.1. The second-order valence-electron chi connectivity index (χ2n) is 5.98. The molecule has 130 valence electrons. The number of rotatable bonds is 4. The SMILES string of the molecule is O=C(NCc1cccc(N2CCCCC2=O)c1)c1ccc(F)cc1Br. The minimum Gasteiger partial charge on any atom is -0.348 e. The summed E-state index contributed by atoms with van der Waals surface area (Å²) < 4.78 is 13.5. The molecule has 0 aromatic heterocycles. The fraction of sp³-hybridized carbons (Fsp3) is 0.263. The lowest BCUT2D eigenvalue weighted by Gasteiger charge is -2.27. The number of piperidine rings is 1. The third kappa shape index (κ3) is 4.25. The monoisotopic (exact) mass is 404 g/mol. The van der Waals surface area contributed by atoms with Crippen molar-refractivity contribution in [2.24, 2.45) is 0 Å². The van der Waals surface area contributed by atoms with E-state index in [0.717, 1.165) is 30.6 Å². The average Bonchev–Trinajstić information content (AvgIpc) is 2.60. The third-order valence-corrected chi connectivity index (χ3v) is 4.83. The Bertz CT molecular complexity index is 810. The molecular weight excluding hydrogens is 387 g/mol. The summed E-state index contributed by atoms with van der Waals surface area (Å²) >= 11 is 3.20. The minimum atomic E-state index is -0.401. The average molecular weight is 405 g/mol. The number of nitrogens with one attached hydrogen (secondary N) is 1. The predicted octanol–water partition coefficient (Wildman–Crippen LogP) is 4.04. The van der Waals surface area contributed by atoms with Crippen LogP contribution >= 0.6 is 15.9 Å². The van der Waals surface area contributed by atoms with E-state index in [1.165, 1.54) is 18.2 Å². The first-order valence-electron chi connectivity index (χ1n) is 8.17. The summed E-state index contributed by atoms with van der Waals surface area (Å²) in [6.07, 6.45) is 2.53. The number of hydrogen-bond donors (Lipinski definition) is 1. The van der Waals surface area contributed by atoms with E-state index in [4.69, 9.17) is 0 Å². The van der Waals surface area contributed by atoms with Gasteiger partial charge in [0.15, 0.2) is 0 Å². The summed E-state index contributed by atoms with van der Waals surface area (Å²) in [5, 5.41) is 2.82. The van der Waals surface area contributed by atoms with E-state index in [2.05, 4.69) is 21.2 Å². The minimum absolute atomic E-state index is 0.141. The van der Waals surface area contributed by atoms with Crippen LogP contribution < -0.4 is 10.2 Å². The van der Waals surface area contributed by atoms with Gasteiger partial charge in [-0.2, -0.15) is 0 Å². The first kappa shape index (κ1) is 17.6. The van der Waals surface area contributed by atoms with Crippen LogP contribution in [-0.2, 0) is 11.3 Å². The van der Waals surface area contributed by atoms with Gasteiger partial charge in [-0.3, -0.25) is 9.59 Å². The molecular formula is C19H18BrFN2O2. The zero-order chi connectivity index (χ0) is 17.8. The molecule has 2 amide bonds. The van der Waals surface area contributed by atoms with Crippen molar-refractivity contribution >= 4 is 33.4 Å². The molecule has 2 aromatic carbocycles. The molecule has 1 N–H and O–H groups in total. The largest absolute Gasteiger partial charge is 0.348 e. The van der Waals surface area contributed by atoms with Gasteiger partial charge in [0.05, 0.1) is 5.56 Å². The summed E-state index contributed by atoms with van der Waals surface area (Å²) in [5.74, 6) is -0.545. The molecule has 0 bridgehead atoms. The molecule has 0 atom stereocenters. The van der Waals surface area contributed by atoms with Gasteiger partial charge in [0.2, 0.25) is 5.91 Å². The maximum atomic E-state index is 13.1. The number of halogens is 2. The number of carbonyl (C=O) groups excluding carboxylic acids is 2. The van der Waals surface area contributed by atoms with Gasteiger partial charge in [0, 0.05) is 29.7 Å². The zero-order valence-electron chi connectivity index (χ0n) is 13.6. The second kappa shape index (κ2) is 7.78. The van der Waals surface area contributed by atoms with Gasteiger partial charge in [-0.25, -0.2) is 4.39 Å². The first-order valence-corrected chi connectivity index (χ1v) is 8.96. The van der Waals surface area contributed by atoms with E-state index >= 15 is 0 Å². The van der Waals surface area contributed by atoms with Crippen LogP contribution in [0, 0.1) is 5.82 Å². The van der Waals surface area contributed by atoms with E-state index in [9.17, 15) is 14.0 Å². The molecule has 0 radical (unpaired) electrons. The van der Waals surface area contributed by atoms with Crippen LogP contribution in [-0.4, -0.2) is 18.4 Å². The number of hydrogen-bond acceptors (Lipinski definition) is 2. The van der Waals surface area contributed by atoms with Gasteiger partial charge in [0.25, 0.3) is 5.91 Å². The van der Waals surface area contributed by atoms with Crippen molar-refractivity contribution in [1.29, 1.82) is 0 Å². The number of amides is 2. The Balaban J connectivity index is 1.68. The van der Waals surface area contributed by atoms with Crippen molar-refractivity contribution in [2.75, 3.05) is 11.4 Å². The lowest BCUT2D eigenvalue weighted by Crippen LogP contribution is -2.35. The van der Waals surface area contributed by atoms with Gasteiger partial charge >= 0.3 is 0 Å². The number of carbonyl (C=O) groups is 2. The van der Waals surface area contributed by atoms with Crippen molar-refractivity contribution in [2.45, 2.75) is 25.8 Å². The predicted molar refractivity (Wildman–Crippen MR) is 97.9 cm³/mol. The molecule has 1 aliphatic rings. The molecule has 6 heteroatoms. The highest BCUT2D eigenvalue weighted by Gasteiger charge is 2.19. The molecule has 1 heterocycles. The number of anilines is 1. The molecule has 1 saturated heterocycles. The van der Waals surface area contributed by atoms with Gasteiger partial charge in [-0.15, -0.1) is 0 Å². The summed E-state index contributed by atoms with van der Waals surface area (Å²) in [5.41, 5.74) is 2.14. The van der Waals surface area contributed by atoms with Crippen LogP contribution in [0.5, 0.6) is 0 Å². The highest BCUT2D eigenvalue weighted by atomic mass is 79.9. The van der Waals surface area contributed by atoms with Crippen molar-refractivity contribution in [3.8, 4) is 0 Å². The van der Waals surface area contributed by atoms with Crippen LogP contribution in [0.1, 0.15) is 35.2 Å². The van der Waals surface area contributed by atoms with Gasteiger partial charge < -0.3 is 10.2 Å². The molecule has 1 aliphatic heterocycles. The van der Waals surface area contributed by atoms with Gasteiger partial charge in [-0.1, -0.05) is 12.1 Å². The van der Waals surface area contributed by atoms with Crippen molar-refractivity contribution in [1.82, 2.24) is 5.32 Å². The van der Waals surface area contributed by atoms with Crippen molar-refractivity contribution in [3.63, 3.8) is 0 Å². The van der Waals surface area contributed by atoms with E-state index in [1.54, 1.807) is 4.90 Å². The first-order chi connectivity index (χ1) is 12.0. The Morgan fingerprint density at radius 2 is 2.04 bits per heavy atom. The Labute approximate surface area is 154 Å². The fourth-order valence-corrected chi connectivity index (χ4v) is 3.40. The number of benzene rings is 2. The Kier molecular flexibility index (Phi) is 5.48. The van der Waals surface area contributed by atoms with Crippen molar-refractivity contribution in [3.05, 3.63) is 63.9 Å². The Morgan fingerprint density at radius 3 is 2.80 bits per heavy atom. The lowest BCUT2D eigenvalue weighted by molar-refractivity contribution is -0.119. The van der Waals surface area contributed by atoms with E-state index in [1.807, 2.05) is 24.3 Å². The van der Waals surface area contributed by atoms with Crippen molar-refractivity contribution < 1.29 is 14.0 Å². The molecule has 0 spiro atoms. The highest BCUT2D eigenvalue weighted by molar-refractivity contribution is 9.10. The molecule has 25 heavy (non-hydrogen) atoms. The van der Waals surface area contributed by atoms with Crippen LogP contribution in [0.2, 0.25) is 0 Å². The summed E-state index contributed by atoms with van der Waals surface area (Å²) in [6.45, 7) is 1.07. The second-order valence-corrected chi connectivity index (χ2v) is 6.83. The Hall–Kier alpha value is -2.21. The Morgan fingerprint density at radius 1 is 1.20 bits per heavy atom. The molecule has 3 rings (SSSR count). The smallest absolute Gasteiger partial charge is 0.252 e. The quantitative estimate of drug-likeness (QED) is 0.835. The van der Waals surface area contributed by atoms with E-state index in [-0.39, 0.29) is 11.8 Å². The van der Waals surface area contributed by atoms with Crippen LogP contribution in [0.15, 0.2) is 46.9 Å². The van der Waals surface area contributed by atoms with Crippen LogP contribution in [0.3, 0.4) is 0 Å². The molecule has 4 nitrogen and oxygen atoms in total. The van der Waals surface area contributed by atoms with Crippen LogP contribution in [0.4, 0.5) is 10.1 Å². The highest BCUT2D eigenvalue weighted by Crippen LogP contribution is 2.22. The zero-order valence-corrected chi connectivity index (χ0v) is 15.2. The third-order valence-electron chi connectivity index (χ3n) is 4.17. The number of nitrogens with zero attached hydrogens (tertiary/aromatic N) is 1. The molecule has 2 aromatic rings. The summed E-state index contributed by atoms with van der Waals surface area (Å²) in [4.78, 5) is 26.1. The summed E-state index contributed by atoms with van der Waals surface area (Å²) in [7, 11) is 0. The van der Waals surface area contributed by atoms with Crippen LogP contribution in [0.25, 0.3) is 0 Å². The van der Waals surface area contributed by atoms with E-state index < -0.39 is 5.82 Å². The molecule has 0 aliphatic carbocycles.